The Labute approximate surface area is 284 Å². The summed E-state index contributed by atoms with van der Waals surface area (Å²) in [4.78, 5) is 11.3. The van der Waals surface area contributed by atoms with E-state index >= 15 is 0 Å². The Bertz CT molecular complexity index is 1310. The standard InChI is InChI=1S/C41H66IN3/c1-27(2)41(12)19-15-30(16-20-41)28(3)44-21-22-45(40(10,11)26-44)29(4)32-23-36-37(42-25-34(32)42)33(38(5,6)7)24-35(43-36)31-13-17-39(8,9)18-14-31/h23-24,28-31,34H,1,13-22,25-26H2,2-12H3. The predicted octanol–water partition coefficient (Wildman–Crippen LogP) is 10.5. The number of rotatable bonds is 6. The molecule has 1 aromatic heterocycles. The molecule has 0 aromatic carbocycles. The van der Waals surface area contributed by atoms with E-state index < -0.39 is 19.8 Å². The van der Waals surface area contributed by atoms with Crippen molar-refractivity contribution in [3.63, 3.8) is 0 Å². The van der Waals surface area contributed by atoms with Crippen LogP contribution in [-0.2, 0) is 5.41 Å². The van der Waals surface area contributed by atoms with Gasteiger partial charge in [0.2, 0.25) is 0 Å². The molecule has 0 N–H and O–H groups in total. The van der Waals surface area contributed by atoms with E-state index in [-0.39, 0.29) is 11.0 Å². The van der Waals surface area contributed by atoms with E-state index in [0.29, 0.717) is 28.8 Å². The van der Waals surface area contributed by atoms with Crippen molar-refractivity contribution in [3.8, 4) is 0 Å². The summed E-state index contributed by atoms with van der Waals surface area (Å²) < 4.78 is 4.08. The van der Waals surface area contributed by atoms with Crippen LogP contribution in [-0.4, -0.2) is 60.4 Å². The van der Waals surface area contributed by atoms with E-state index in [1.54, 1.807) is 14.7 Å². The van der Waals surface area contributed by atoms with Crippen LogP contribution in [0.5, 0.6) is 0 Å². The van der Waals surface area contributed by atoms with Crippen LogP contribution in [0.25, 0.3) is 6.08 Å². The third-order valence-corrected chi connectivity index (χ3v) is 19.6. The molecule has 3 atom stereocenters. The van der Waals surface area contributed by atoms with Crippen LogP contribution < -0.4 is 0 Å². The van der Waals surface area contributed by atoms with Gasteiger partial charge in [-0.1, -0.05) is 19.1 Å². The molecule has 3 unspecified atom stereocenters. The quantitative estimate of drug-likeness (QED) is 0.165. The molecule has 0 spiro atoms. The number of allylic oxidation sites excluding steroid dienone is 1. The van der Waals surface area contributed by atoms with E-state index in [2.05, 4.69) is 105 Å². The molecule has 2 saturated heterocycles. The molecule has 4 heteroatoms. The van der Waals surface area contributed by atoms with Crippen molar-refractivity contribution < 1.29 is 0 Å². The molecule has 3 aliphatic heterocycles. The summed E-state index contributed by atoms with van der Waals surface area (Å²) in [6.45, 7) is 35.0. The van der Waals surface area contributed by atoms with E-state index in [9.17, 15) is 0 Å². The third kappa shape index (κ3) is 6.65. The zero-order valence-corrected chi connectivity index (χ0v) is 33.1. The summed E-state index contributed by atoms with van der Waals surface area (Å²) >= 11 is -1.21. The second-order valence-corrected chi connectivity index (χ2v) is 24.4. The van der Waals surface area contributed by atoms with E-state index in [1.807, 2.05) is 0 Å². The van der Waals surface area contributed by atoms with Crippen molar-refractivity contribution in [2.75, 3.05) is 24.1 Å². The molecular formula is C41H66IN3. The molecule has 1 aromatic rings. The molecule has 0 amide bonds. The molecule has 2 aliphatic carbocycles. The number of halogens is 1. The first-order valence-electron chi connectivity index (χ1n) is 18.5. The van der Waals surface area contributed by atoms with Gasteiger partial charge in [-0.25, -0.2) is 0 Å². The monoisotopic (exact) mass is 727 g/mol. The van der Waals surface area contributed by atoms with Crippen LogP contribution >= 0.6 is 19.8 Å². The van der Waals surface area contributed by atoms with Gasteiger partial charge < -0.3 is 0 Å². The molecular weight excluding hydrogens is 661 g/mol. The summed E-state index contributed by atoms with van der Waals surface area (Å²) in [5.74, 6) is 1.45. The van der Waals surface area contributed by atoms with Crippen molar-refractivity contribution >= 4 is 25.9 Å². The molecule has 2 saturated carbocycles. The zero-order chi connectivity index (χ0) is 32.7. The Kier molecular flexibility index (Phi) is 9.11. The van der Waals surface area contributed by atoms with E-state index in [4.69, 9.17) is 4.98 Å². The molecule has 6 rings (SSSR count). The molecule has 0 bridgehead atoms. The van der Waals surface area contributed by atoms with Crippen LogP contribution in [0.1, 0.15) is 150 Å². The second-order valence-electron chi connectivity index (χ2n) is 18.7. The number of hydrogen-bond acceptors (Lipinski definition) is 3. The molecule has 5 aliphatic rings. The Morgan fingerprint density at radius 3 is 2.20 bits per heavy atom. The average Bonchev–Trinajstić information content (AvgIpc) is 3.76. The Balaban J connectivity index is 1.21. The van der Waals surface area contributed by atoms with Gasteiger partial charge in [-0.3, -0.25) is 0 Å². The maximum absolute atomic E-state index is 5.59. The van der Waals surface area contributed by atoms with Gasteiger partial charge in [0, 0.05) is 0 Å². The van der Waals surface area contributed by atoms with Crippen molar-refractivity contribution in [2.45, 2.75) is 160 Å². The van der Waals surface area contributed by atoms with E-state index in [1.165, 1.54) is 92.4 Å². The fraction of sp³-hybridized carbons (Fsp3) is 0.780. The van der Waals surface area contributed by atoms with Crippen molar-refractivity contribution in [1.29, 1.82) is 0 Å². The summed E-state index contributed by atoms with van der Waals surface area (Å²) in [5.41, 5.74) is 8.78. The molecule has 45 heavy (non-hydrogen) atoms. The number of alkyl halides is 2. The minimum atomic E-state index is -1.21. The SMILES string of the molecule is C=C(C)C1(C)CCC(C(C)N2CCN(C(C)C3=Cc4nc(C5CCC(C)(C)CC5)cc(C(C)(C)C)c4I4CC34)C(C)(C)C2)CC1. The van der Waals surface area contributed by atoms with Gasteiger partial charge in [0.15, 0.2) is 0 Å². The third-order valence-electron chi connectivity index (χ3n) is 13.4. The molecule has 252 valence electrons. The Morgan fingerprint density at radius 1 is 0.978 bits per heavy atom. The van der Waals surface area contributed by atoms with Crippen molar-refractivity contribution in [3.05, 3.63) is 44.3 Å². The fourth-order valence-corrected chi connectivity index (χ4v) is 17.2. The number of aromatic nitrogens is 1. The topological polar surface area (TPSA) is 19.4 Å². The number of nitrogens with zero attached hydrogens (tertiary/aromatic N) is 3. The van der Waals surface area contributed by atoms with Crippen LogP contribution in [0.4, 0.5) is 0 Å². The summed E-state index contributed by atoms with van der Waals surface area (Å²) in [5, 5.41) is 0. The van der Waals surface area contributed by atoms with Crippen LogP contribution in [0.15, 0.2) is 23.8 Å². The minimum absolute atomic E-state index is 0.169. The molecule has 3 nitrogen and oxygen atoms in total. The van der Waals surface area contributed by atoms with Crippen LogP contribution in [0, 0.1) is 20.3 Å². The number of piperazine rings is 1. The van der Waals surface area contributed by atoms with Crippen molar-refractivity contribution in [2.24, 2.45) is 16.7 Å². The van der Waals surface area contributed by atoms with Crippen molar-refractivity contribution in [1.82, 2.24) is 14.8 Å². The van der Waals surface area contributed by atoms with Crippen LogP contribution in [0.2, 0.25) is 0 Å². The first-order valence-corrected chi connectivity index (χ1v) is 22.3. The summed E-state index contributed by atoms with van der Waals surface area (Å²) in [6, 6.07) is 3.76. The average molecular weight is 728 g/mol. The Hall–Kier alpha value is -0.720. The second kappa shape index (κ2) is 12.0. The van der Waals surface area contributed by atoms with Gasteiger partial charge in [0.25, 0.3) is 0 Å². The normalized spacial score (nSPS) is 32.7. The number of pyridine rings is 1. The van der Waals surface area contributed by atoms with Gasteiger partial charge >= 0.3 is 260 Å². The first-order chi connectivity index (χ1) is 20.9. The van der Waals surface area contributed by atoms with Crippen LogP contribution in [0.3, 0.4) is 0 Å². The number of fused-ring (bicyclic) bond motifs is 3. The molecule has 0 radical (unpaired) electrons. The number of hydrogen-bond donors (Lipinski definition) is 0. The van der Waals surface area contributed by atoms with Gasteiger partial charge in [0.05, 0.1) is 0 Å². The summed E-state index contributed by atoms with van der Waals surface area (Å²) in [6.07, 6.45) is 13.2. The van der Waals surface area contributed by atoms with Gasteiger partial charge in [0.1, 0.15) is 0 Å². The van der Waals surface area contributed by atoms with Gasteiger partial charge in [-0.05, 0) is 6.92 Å². The molecule has 4 heterocycles. The van der Waals surface area contributed by atoms with Gasteiger partial charge in [-0.2, -0.15) is 0 Å². The zero-order valence-electron chi connectivity index (χ0n) is 31.0. The Morgan fingerprint density at radius 2 is 1.62 bits per heavy atom. The molecule has 4 fully saturated rings. The first kappa shape index (κ1) is 34.2. The van der Waals surface area contributed by atoms with Gasteiger partial charge in [-0.15, -0.1) is 0 Å². The predicted molar refractivity (Wildman–Crippen MR) is 203 cm³/mol. The van der Waals surface area contributed by atoms with E-state index in [0.717, 1.165) is 9.84 Å². The summed E-state index contributed by atoms with van der Waals surface area (Å²) in [7, 11) is 0. The fourth-order valence-electron chi connectivity index (χ4n) is 9.50. The maximum atomic E-state index is 5.59.